The van der Waals surface area contributed by atoms with Crippen molar-refractivity contribution in [1.29, 1.82) is 0 Å². The van der Waals surface area contributed by atoms with Crippen molar-refractivity contribution in [3.8, 4) is 0 Å². The van der Waals surface area contributed by atoms with E-state index in [0.29, 0.717) is 5.91 Å². The lowest BCUT2D eigenvalue weighted by molar-refractivity contribution is -0.134. The maximum Gasteiger partial charge on any atom is 0.227 e. The first-order chi connectivity index (χ1) is 10.3. The first-order valence-corrected chi connectivity index (χ1v) is 9.05. The zero-order chi connectivity index (χ0) is 14.5. The van der Waals surface area contributed by atoms with Crippen LogP contribution in [0.2, 0.25) is 0 Å². The van der Waals surface area contributed by atoms with Crippen LogP contribution in [0, 0.1) is 11.8 Å². The van der Waals surface area contributed by atoms with Crippen molar-refractivity contribution in [1.82, 2.24) is 15.1 Å². The van der Waals surface area contributed by atoms with Gasteiger partial charge in [0.05, 0.1) is 5.92 Å². The molecule has 1 amide bonds. The summed E-state index contributed by atoms with van der Waals surface area (Å²) < 4.78 is 0. The van der Waals surface area contributed by atoms with Gasteiger partial charge in [-0.05, 0) is 44.7 Å². The van der Waals surface area contributed by atoms with Crippen molar-refractivity contribution < 1.29 is 4.79 Å². The minimum atomic E-state index is 0. The molecule has 0 radical (unpaired) electrons. The Morgan fingerprint density at radius 2 is 1.70 bits per heavy atom. The lowest BCUT2D eigenvalue weighted by Gasteiger charge is -2.29. The van der Waals surface area contributed by atoms with Gasteiger partial charge in [-0.2, -0.15) is 0 Å². The van der Waals surface area contributed by atoms with Crippen molar-refractivity contribution in [3.63, 3.8) is 0 Å². The fraction of sp³-hybridized carbons (Fsp3) is 0.941. The summed E-state index contributed by atoms with van der Waals surface area (Å²) >= 11 is 0. The summed E-state index contributed by atoms with van der Waals surface area (Å²) in [5.41, 5.74) is 0. The highest BCUT2D eigenvalue weighted by atomic mass is 35.5. The molecule has 136 valence electrons. The molecular formula is C17H33Cl2N3O. The Balaban J connectivity index is 0.00000132. The molecule has 1 N–H and O–H groups in total. The van der Waals surface area contributed by atoms with Gasteiger partial charge in [-0.3, -0.25) is 4.79 Å². The number of amides is 1. The number of halogens is 2. The minimum Gasteiger partial charge on any atom is -0.341 e. The number of hydrogen-bond donors (Lipinski definition) is 1. The predicted octanol–water partition coefficient (Wildman–Crippen LogP) is 2.55. The minimum absolute atomic E-state index is 0. The molecule has 1 unspecified atom stereocenters. The van der Waals surface area contributed by atoms with Gasteiger partial charge in [-0.25, -0.2) is 0 Å². The molecule has 3 fully saturated rings. The molecule has 0 bridgehead atoms. The van der Waals surface area contributed by atoms with E-state index in [4.69, 9.17) is 0 Å². The number of hydrogen-bond acceptors (Lipinski definition) is 3. The van der Waals surface area contributed by atoms with Gasteiger partial charge in [-0.15, -0.1) is 24.8 Å². The average Bonchev–Trinajstić information content (AvgIpc) is 2.95. The second-order valence-corrected chi connectivity index (χ2v) is 7.17. The first-order valence-electron chi connectivity index (χ1n) is 9.05. The summed E-state index contributed by atoms with van der Waals surface area (Å²) in [5.74, 6) is 1.56. The van der Waals surface area contributed by atoms with E-state index in [1.165, 1.54) is 45.2 Å². The summed E-state index contributed by atoms with van der Waals surface area (Å²) in [7, 11) is 0. The lowest BCUT2D eigenvalue weighted by Crippen LogP contribution is -2.40. The highest BCUT2D eigenvalue weighted by Crippen LogP contribution is 2.25. The van der Waals surface area contributed by atoms with E-state index in [0.717, 1.165) is 51.5 Å². The van der Waals surface area contributed by atoms with Gasteiger partial charge in [0.15, 0.2) is 0 Å². The highest BCUT2D eigenvalue weighted by Gasteiger charge is 2.28. The van der Waals surface area contributed by atoms with E-state index >= 15 is 0 Å². The Morgan fingerprint density at radius 3 is 2.39 bits per heavy atom. The van der Waals surface area contributed by atoms with Crippen LogP contribution in [0.3, 0.4) is 0 Å². The standard InChI is InChI=1S/C17H31N3O.2ClH/c21-17(16-7-8-18-13-16)20-10-4-9-19(11-12-20)14-15-5-2-1-3-6-15;;/h15-16,18H,1-14H2;2*1H. The normalized spacial score (nSPS) is 27.0. The van der Waals surface area contributed by atoms with Gasteiger partial charge in [0, 0.05) is 32.7 Å². The van der Waals surface area contributed by atoms with Crippen molar-refractivity contribution in [2.24, 2.45) is 11.8 Å². The number of rotatable bonds is 3. The second kappa shape index (κ2) is 10.8. The fourth-order valence-corrected chi connectivity index (χ4v) is 4.23. The van der Waals surface area contributed by atoms with Gasteiger partial charge < -0.3 is 15.1 Å². The van der Waals surface area contributed by atoms with Crippen molar-refractivity contribution >= 4 is 30.7 Å². The maximum absolute atomic E-state index is 12.5. The Bertz CT molecular complexity index is 345. The Morgan fingerprint density at radius 1 is 0.913 bits per heavy atom. The zero-order valence-corrected chi connectivity index (χ0v) is 15.8. The second-order valence-electron chi connectivity index (χ2n) is 7.17. The van der Waals surface area contributed by atoms with Gasteiger partial charge in [0.25, 0.3) is 0 Å². The fourth-order valence-electron chi connectivity index (χ4n) is 4.23. The van der Waals surface area contributed by atoms with Crippen LogP contribution in [-0.4, -0.2) is 61.5 Å². The largest absolute Gasteiger partial charge is 0.341 e. The number of carbonyl (C=O) groups excluding carboxylic acids is 1. The van der Waals surface area contributed by atoms with E-state index in [1.807, 2.05) is 0 Å². The van der Waals surface area contributed by atoms with Crippen LogP contribution in [0.1, 0.15) is 44.9 Å². The SMILES string of the molecule is Cl.Cl.O=C(C1CCNC1)N1CCCN(CC2CCCCC2)CC1. The van der Waals surface area contributed by atoms with Crippen molar-refractivity contribution in [2.75, 3.05) is 45.8 Å². The molecule has 3 rings (SSSR count). The lowest BCUT2D eigenvalue weighted by atomic mass is 9.89. The van der Waals surface area contributed by atoms with Crippen LogP contribution in [0.25, 0.3) is 0 Å². The maximum atomic E-state index is 12.5. The topological polar surface area (TPSA) is 35.6 Å². The van der Waals surface area contributed by atoms with Crippen LogP contribution < -0.4 is 5.32 Å². The molecule has 0 spiro atoms. The third kappa shape index (κ3) is 6.08. The summed E-state index contributed by atoms with van der Waals surface area (Å²) in [6, 6.07) is 0. The summed E-state index contributed by atoms with van der Waals surface area (Å²) in [6.45, 7) is 7.36. The zero-order valence-electron chi connectivity index (χ0n) is 14.2. The molecule has 2 aliphatic heterocycles. The molecule has 1 aliphatic carbocycles. The van der Waals surface area contributed by atoms with Crippen LogP contribution in [0.4, 0.5) is 0 Å². The Kier molecular flexibility index (Phi) is 9.83. The molecule has 23 heavy (non-hydrogen) atoms. The molecule has 4 nitrogen and oxygen atoms in total. The smallest absolute Gasteiger partial charge is 0.227 e. The van der Waals surface area contributed by atoms with E-state index in [9.17, 15) is 4.79 Å². The molecule has 2 saturated heterocycles. The molecule has 1 saturated carbocycles. The molecule has 1 atom stereocenters. The molecule has 3 aliphatic rings. The summed E-state index contributed by atoms with van der Waals surface area (Å²) in [6.07, 6.45) is 9.32. The van der Waals surface area contributed by atoms with Crippen molar-refractivity contribution in [3.05, 3.63) is 0 Å². The number of nitrogens with one attached hydrogen (secondary N) is 1. The Labute approximate surface area is 153 Å². The predicted molar refractivity (Wildman–Crippen MR) is 99.7 cm³/mol. The van der Waals surface area contributed by atoms with Crippen LogP contribution >= 0.6 is 24.8 Å². The third-order valence-electron chi connectivity index (χ3n) is 5.55. The molecule has 6 heteroatoms. The highest BCUT2D eigenvalue weighted by molar-refractivity contribution is 5.85. The van der Waals surface area contributed by atoms with Gasteiger partial charge in [-0.1, -0.05) is 19.3 Å². The van der Waals surface area contributed by atoms with E-state index in [-0.39, 0.29) is 30.7 Å². The first kappa shape index (κ1) is 21.0. The van der Waals surface area contributed by atoms with Gasteiger partial charge >= 0.3 is 0 Å². The molecule has 0 aromatic rings. The molecule has 0 aromatic heterocycles. The van der Waals surface area contributed by atoms with Crippen LogP contribution in [-0.2, 0) is 4.79 Å². The van der Waals surface area contributed by atoms with Crippen molar-refractivity contribution in [2.45, 2.75) is 44.9 Å². The summed E-state index contributed by atoms with van der Waals surface area (Å²) in [4.78, 5) is 17.3. The summed E-state index contributed by atoms with van der Waals surface area (Å²) in [5, 5.41) is 3.31. The number of nitrogens with zero attached hydrogens (tertiary/aromatic N) is 2. The molecular weight excluding hydrogens is 333 g/mol. The van der Waals surface area contributed by atoms with E-state index < -0.39 is 0 Å². The van der Waals surface area contributed by atoms with Gasteiger partial charge in [0.2, 0.25) is 5.91 Å². The quantitative estimate of drug-likeness (QED) is 0.834. The van der Waals surface area contributed by atoms with E-state index in [1.54, 1.807) is 0 Å². The molecule has 0 aromatic carbocycles. The average molecular weight is 366 g/mol. The van der Waals surface area contributed by atoms with Crippen LogP contribution in [0.5, 0.6) is 0 Å². The van der Waals surface area contributed by atoms with E-state index in [2.05, 4.69) is 15.1 Å². The van der Waals surface area contributed by atoms with Crippen LogP contribution in [0.15, 0.2) is 0 Å². The molecule has 2 heterocycles. The Hall–Kier alpha value is -0.0300. The number of carbonyl (C=O) groups is 1. The van der Waals surface area contributed by atoms with Gasteiger partial charge in [0.1, 0.15) is 0 Å². The monoisotopic (exact) mass is 365 g/mol. The third-order valence-corrected chi connectivity index (χ3v) is 5.55.